The quantitative estimate of drug-likeness (QED) is 0.790. The smallest absolute Gasteiger partial charge is 0.140 e. The van der Waals surface area contributed by atoms with Crippen LogP contribution in [0.2, 0.25) is 0 Å². The largest absolute Gasteiger partial charge is 0.389 e. The average molecular weight is 250 g/mol. The second-order valence-electron chi connectivity index (χ2n) is 3.76. The number of nitrogens with zero attached hydrogens (tertiary/aromatic N) is 4. The van der Waals surface area contributed by atoms with Gasteiger partial charge < -0.3 is 11.1 Å². The Balaban J connectivity index is 2.45. The van der Waals surface area contributed by atoms with E-state index in [0.717, 1.165) is 22.9 Å². The first-order valence-corrected chi connectivity index (χ1v) is 5.50. The lowest BCUT2D eigenvalue weighted by molar-refractivity contribution is 0.751. The summed E-state index contributed by atoms with van der Waals surface area (Å²) in [6.45, 7) is 1.88. The van der Waals surface area contributed by atoms with Crippen molar-refractivity contribution in [3.05, 3.63) is 23.5 Å². The lowest BCUT2D eigenvalue weighted by Gasteiger charge is -2.08. The van der Waals surface area contributed by atoms with E-state index in [1.807, 2.05) is 27.1 Å². The van der Waals surface area contributed by atoms with Crippen molar-refractivity contribution in [1.29, 1.82) is 0 Å². The predicted octanol–water partition coefficient (Wildman–Crippen LogP) is 0.840. The van der Waals surface area contributed by atoms with Gasteiger partial charge in [0.1, 0.15) is 16.6 Å². The highest BCUT2D eigenvalue weighted by Gasteiger charge is 2.16. The van der Waals surface area contributed by atoms with Gasteiger partial charge in [0.15, 0.2) is 0 Å². The molecule has 6 nitrogen and oxygen atoms in total. The molecule has 0 atom stereocenters. The summed E-state index contributed by atoms with van der Waals surface area (Å²) in [5.41, 5.74) is 7.29. The maximum absolute atomic E-state index is 5.71. The fraction of sp³-hybridized carbons (Fsp3) is 0.300. The van der Waals surface area contributed by atoms with Crippen molar-refractivity contribution in [2.24, 2.45) is 19.8 Å². The standard InChI is InChI=1S/C10H14N6S/c1-6-8(9(11)17)10(16(3)14-6)13-7-4-5-12-15(7)2/h4-5,13H,1-3H3,(H2,11,17). The van der Waals surface area contributed by atoms with Crippen LogP contribution in [0.25, 0.3) is 0 Å². The van der Waals surface area contributed by atoms with Crippen molar-refractivity contribution in [1.82, 2.24) is 19.6 Å². The average Bonchev–Trinajstić information content (AvgIpc) is 2.73. The molecular formula is C10H14N6S. The number of aromatic nitrogens is 4. The van der Waals surface area contributed by atoms with Gasteiger partial charge in [0.05, 0.1) is 17.5 Å². The van der Waals surface area contributed by atoms with Crippen LogP contribution in [0.5, 0.6) is 0 Å². The van der Waals surface area contributed by atoms with Gasteiger partial charge in [-0.3, -0.25) is 9.36 Å². The summed E-state index contributed by atoms with van der Waals surface area (Å²) in [5, 5.41) is 11.6. The molecule has 0 saturated carbocycles. The summed E-state index contributed by atoms with van der Waals surface area (Å²) < 4.78 is 3.45. The van der Waals surface area contributed by atoms with Gasteiger partial charge in [-0.15, -0.1) is 0 Å². The molecule has 2 heterocycles. The number of hydrogen-bond donors (Lipinski definition) is 2. The Morgan fingerprint density at radius 2 is 2.12 bits per heavy atom. The van der Waals surface area contributed by atoms with E-state index in [1.165, 1.54) is 0 Å². The van der Waals surface area contributed by atoms with Crippen molar-refractivity contribution in [3.63, 3.8) is 0 Å². The van der Waals surface area contributed by atoms with Gasteiger partial charge in [-0.2, -0.15) is 10.2 Å². The summed E-state index contributed by atoms with van der Waals surface area (Å²) in [6.07, 6.45) is 1.71. The number of nitrogens with one attached hydrogen (secondary N) is 1. The summed E-state index contributed by atoms with van der Waals surface area (Å²) in [4.78, 5) is 0.334. The second-order valence-corrected chi connectivity index (χ2v) is 4.20. The Kier molecular flexibility index (Phi) is 2.84. The zero-order chi connectivity index (χ0) is 12.6. The summed E-state index contributed by atoms with van der Waals surface area (Å²) in [6, 6.07) is 1.87. The summed E-state index contributed by atoms with van der Waals surface area (Å²) in [5.74, 6) is 1.63. The molecule has 0 radical (unpaired) electrons. The first-order chi connectivity index (χ1) is 8.00. The van der Waals surface area contributed by atoms with Crippen LogP contribution in [0.3, 0.4) is 0 Å². The Morgan fingerprint density at radius 1 is 1.41 bits per heavy atom. The van der Waals surface area contributed by atoms with E-state index in [1.54, 1.807) is 15.6 Å². The van der Waals surface area contributed by atoms with Gasteiger partial charge in [0.2, 0.25) is 0 Å². The lowest BCUT2D eigenvalue weighted by atomic mass is 10.2. The van der Waals surface area contributed by atoms with Crippen molar-refractivity contribution in [3.8, 4) is 0 Å². The topological polar surface area (TPSA) is 73.7 Å². The summed E-state index contributed by atoms with van der Waals surface area (Å²) in [7, 11) is 3.69. The number of nitrogens with two attached hydrogens (primary N) is 1. The third kappa shape index (κ3) is 2.01. The van der Waals surface area contributed by atoms with Crippen LogP contribution >= 0.6 is 12.2 Å². The van der Waals surface area contributed by atoms with Crippen molar-refractivity contribution in [2.45, 2.75) is 6.92 Å². The zero-order valence-corrected chi connectivity index (χ0v) is 10.7. The number of anilines is 2. The molecule has 0 aliphatic carbocycles. The molecule has 0 aliphatic heterocycles. The Hall–Kier alpha value is -1.89. The third-order valence-corrected chi connectivity index (χ3v) is 2.74. The molecule has 0 unspecified atom stereocenters. The molecule has 3 N–H and O–H groups in total. The van der Waals surface area contributed by atoms with Gasteiger partial charge in [-0.25, -0.2) is 0 Å². The molecule has 0 amide bonds. The van der Waals surface area contributed by atoms with Crippen LogP contribution in [-0.2, 0) is 14.1 Å². The SMILES string of the molecule is Cc1nn(C)c(Nc2ccnn2C)c1C(N)=S. The highest BCUT2D eigenvalue weighted by Crippen LogP contribution is 2.22. The van der Waals surface area contributed by atoms with Crippen LogP contribution in [0.15, 0.2) is 12.3 Å². The maximum atomic E-state index is 5.71. The van der Waals surface area contributed by atoms with Crippen LogP contribution in [-0.4, -0.2) is 24.5 Å². The highest BCUT2D eigenvalue weighted by atomic mass is 32.1. The molecule has 0 saturated heterocycles. The fourth-order valence-electron chi connectivity index (χ4n) is 1.71. The first kappa shape index (κ1) is 11.6. The van der Waals surface area contributed by atoms with Gasteiger partial charge >= 0.3 is 0 Å². The maximum Gasteiger partial charge on any atom is 0.140 e. The number of aryl methyl sites for hydroxylation is 3. The van der Waals surface area contributed by atoms with Gasteiger partial charge in [-0.1, -0.05) is 12.2 Å². The van der Waals surface area contributed by atoms with E-state index in [9.17, 15) is 0 Å². The number of thiocarbonyl (C=S) groups is 1. The molecule has 90 valence electrons. The van der Waals surface area contributed by atoms with Crippen LogP contribution in [0.1, 0.15) is 11.3 Å². The minimum absolute atomic E-state index is 0.334. The molecule has 17 heavy (non-hydrogen) atoms. The fourth-order valence-corrected chi connectivity index (χ4v) is 1.96. The highest BCUT2D eigenvalue weighted by molar-refractivity contribution is 7.80. The Bertz CT molecular complexity index is 567. The number of rotatable bonds is 3. The van der Waals surface area contributed by atoms with E-state index in [-0.39, 0.29) is 0 Å². The van der Waals surface area contributed by atoms with E-state index >= 15 is 0 Å². The molecular weight excluding hydrogens is 236 g/mol. The van der Waals surface area contributed by atoms with Crippen molar-refractivity contribution < 1.29 is 0 Å². The second kappa shape index (κ2) is 4.17. The van der Waals surface area contributed by atoms with E-state index in [0.29, 0.717) is 4.99 Å². The predicted molar refractivity (Wildman–Crippen MR) is 70.3 cm³/mol. The van der Waals surface area contributed by atoms with Crippen LogP contribution < -0.4 is 11.1 Å². The molecule has 2 aromatic heterocycles. The molecule has 7 heteroatoms. The molecule has 0 aliphatic rings. The van der Waals surface area contributed by atoms with Crippen molar-refractivity contribution >= 4 is 28.8 Å². The van der Waals surface area contributed by atoms with E-state index < -0.39 is 0 Å². The molecule has 2 rings (SSSR count). The normalized spacial score (nSPS) is 10.5. The van der Waals surface area contributed by atoms with Crippen molar-refractivity contribution in [2.75, 3.05) is 5.32 Å². The molecule has 0 fully saturated rings. The zero-order valence-electron chi connectivity index (χ0n) is 9.93. The van der Waals surface area contributed by atoms with Gasteiger partial charge in [-0.05, 0) is 6.92 Å². The monoisotopic (exact) mass is 250 g/mol. The van der Waals surface area contributed by atoms with Crippen LogP contribution in [0, 0.1) is 6.92 Å². The molecule has 0 aromatic carbocycles. The van der Waals surface area contributed by atoms with E-state index in [2.05, 4.69) is 15.5 Å². The minimum atomic E-state index is 0.334. The van der Waals surface area contributed by atoms with Gasteiger partial charge in [0, 0.05) is 20.2 Å². The molecule has 2 aromatic rings. The Labute approximate surface area is 104 Å². The Morgan fingerprint density at radius 3 is 2.65 bits per heavy atom. The lowest BCUT2D eigenvalue weighted by Crippen LogP contribution is -2.13. The first-order valence-electron chi connectivity index (χ1n) is 5.09. The summed E-state index contributed by atoms with van der Waals surface area (Å²) >= 11 is 5.04. The number of hydrogen-bond acceptors (Lipinski definition) is 4. The molecule has 0 bridgehead atoms. The molecule has 0 spiro atoms. The minimum Gasteiger partial charge on any atom is -0.389 e. The van der Waals surface area contributed by atoms with Crippen LogP contribution in [0.4, 0.5) is 11.6 Å². The van der Waals surface area contributed by atoms with Gasteiger partial charge in [0.25, 0.3) is 0 Å². The third-order valence-electron chi connectivity index (χ3n) is 2.54. The van der Waals surface area contributed by atoms with E-state index in [4.69, 9.17) is 18.0 Å².